The Kier molecular flexibility index (Phi) is 6.83. The normalized spacial score (nSPS) is 12.0. The van der Waals surface area contributed by atoms with E-state index in [-0.39, 0.29) is 18.1 Å². The SMILES string of the molecule is COc1cccc(N(C)S(=O)(=O)c2ccc(CCC(N)(CO)CO)cc2)c1. The average Bonchev–Trinajstić information content (AvgIpc) is 2.71. The fraction of sp³-hybridized carbons (Fsp3) is 0.368. The van der Waals surface area contributed by atoms with Gasteiger partial charge < -0.3 is 20.7 Å². The highest BCUT2D eigenvalue weighted by Gasteiger charge is 2.24. The number of rotatable bonds is 9. The number of aliphatic hydroxyl groups excluding tert-OH is 2. The van der Waals surface area contributed by atoms with Crippen LogP contribution in [0.25, 0.3) is 0 Å². The average molecular weight is 394 g/mol. The minimum absolute atomic E-state index is 0.167. The van der Waals surface area contributed by atoms with Crippen LogP contribution >= 0.6 is 0 Å². The molecule has 0 unspecified atom stereocenters. The van der Waals surface area contributed by atoms with Gasteiger partial charge >= 0.3 is 0 Å². The van der Waals surface area contributed by atoms with Gasteiger partial charge in [0, 0.05) is 13.1 Å². The molecule has 27 heavy (non-hydrogen) atoms. The van der Waals surface area contributed by atoms with Gasteiger partial charge in [-0.1, -0.05) is 18.2 Å². The summed E-state index contributed by atoms with van der Waals surface area (Å²) < 4.78 is 32.1. The van der Waals surface area contributed by atoms with E-state index in [1.165, 1.54) is 30.6 Å². The summed E-state index contributed by atoms with van der Waals surface area (Å²) in [5.41, 5.74) is 6.18. The van der Waals surface area contributed by atoms with Crippen molar-refractivity contribution in [2.45, 2.75) is 23.3 Å². The Morgan fingerprint density at radius 2 is 1.74 bits per heavy atom. The molecule has 0 saturated carbocycles. The Labute approximate surface area is 160 Å². The summed E-state index contributed by atoms with van der Waals surface area (Å²) in [4.78, 5) is 0.167. The lowest BCUT2D eigenvalue weighted by molar-refractivity contribution is 0.115. The van der Waals surface area contributed by atoms with Gasteiger partial charge in [0.1, 0.15) is 5.75 Å². The predicted octanol–water partition coefficient (Wildman–Crippen LogP) is 1.13. The summed E-state index contributed by atoms with van der Waals surface area (Å²) >= 11 is 0. The van der Waals surface area contributed by atoms with Crippen LogP contribution in [-0.4, -0.2) is 51.5 Å². The van der Waals surface area contributed by atoms with Gasteiger partial charge in [-0.2, -0.15) is 0 Å². The molecule has 0 aromatic heterocycles. The minimum Gasteiger partial charge on any atom is -0.497 e. The summed E-state index contributed by atoms with van der Waals surface area (Å²) in [5.74, 6) is 0.572. The molecule has 2 aromatic rings. The molecule has 8 heteroatoms. The van der Waals surface area contributed by atoms with Crippen molar-refractivity contribution in [3.63, 3.8) is 0 Å². The molecular formula is C19H26N2O5S. The quantitative estimate of drug-likeness (QED) is 0.588. The molecule has 148 valence electrons. The van der Waals surface area contributed by atoms with Crippen LogP contribution < -0.4 is 14.8 Å². The first-order valence-electron chi connectivity index (χ1n) is 8.48. The van der Waals surface area contributed by atoms with Gasteiger partial charge in [-0.05, 0) is 42.7 Å². The Balaban J connectivity index is 2.17. The first kappa shape index (κ1) is 21.2. The van der Waals surface area contributed by atoms with E-state index in [1.54, 1.807) is 36.4 Å². The van der Waals surface area contributed by atoms with Crippen molar-refractivity contribution < 1.29 is 23.4 Å². The topological polar surface area (TPSA) is 113 Å². The third-order valence-electron chi connectivity index (χ3n) is 4.54. The first-order valence-corrected chi connectivity index (χ1v) is 9.92. The van der Waals surface area contributed by atoms with Crippen molar-refractivity contribution in [3.05, 3.63) is 54.1 Å². The predicted molar refractivity (Wildman–Crippen MR) is 104 cm³/mol. The molecule has 0 aliphatic rings. The molecule has 0 saturated heterocycles. The van der Waals surface area contributed by atoms with E-state index in [0.29, 0.717) is 24.3 Å². The maximum Gasteiger partial charge on any atom is 0.264 e. The Morgan fingerprint density at radius 3 is 2.30 bits per heavy atom. The molecule has 0 radical (unpaired) electrons. The zero-order valence-corrected chi connectivity index (χ0v) is 16.3. The standard InChI is InChI=1S/C19H26N2O5S/c1-21(16-4-3-5-17(12-16)26-2)27(24,25)18-8-6-15(7-9-18)10-11-19(20,13-22)14-23/h3-9,12,22-23H,10-11,13-14,20H2,1-2H3. The summed E-state index contributed by atoms with van der Waals surface area (Å²) in [6.07, 6.45) is 0.902. The van der Waals surface area contributed by atoms with Crippen LogP contribution in [0.4, 0.5) is 5.69 Å². The van der Waals surface area contributed by atoms with Crippen LogP contribution in [0, 0.1) is 0 Å². The van der Waals surface area contributed by atoms with E-state index in [0.717, 1.165) is 5.56 Å². The summed E-state index contributed by atoms with van der Waals surface area (Å²) in [6.45, 7) is -0.636. The van der Waals surface area contributed by atoms with Crippen molar-refractivity contribution >= 4 is 15.7 Å². The van der Waals surface area contributed by atoms with Gasteiger partial charge in [0.2, 0.25) is 0 Å². The van der Waals surface area contributed by atoms with Crippen molar-refractivity contribution in [2.75, 3.05) is 31.7 Å². The van der Waals surface area contributed by atoms with Crippen LogP contribution in [0.1, 0.15) is 12.0 Å². The summed E-state index contributed by atoms with van der Waals surface area (Å²) in [7, 11) is -0.700. The zero-order chi connectivity index (χ0) is 20.1. The summed E-state index contributed by atoms with van der Waals surface area (Å²) in [5, 5.41) is 18.5. The van der Waals surface area contributed by atoms with Gasteiger partial charge in [0.25, 0.3) is 10.0 Å². The smallest absolute Gasteiger partial charge is 0.264 e. The molecule has 7 nitrogen and oxygen atoms in total. The fourth-order valence-electron chi connectivity index (χ4n) is 2.53. The number of anilines is 1. The third-order valence-corrected chi connectivity index (χ3v) is 6.34. The van der Waals surface area contributed by atoms with Crippen LogP contribution in [0.2, 0.25) is 0 Å². The number of aliphatic hydroxyl groups is 2. The van der Waals surface area contributed by atoms with Crippen molar-refractivity contribution in [1.82, 2.24) is 0 Å². The number of benzene rings is 2. The van der Waals surface area contributed by atoms with Crippen LogP contribution in [0.15, 0.2) is 53.4 Å². The number of nitrogens with zero attached hydrogens (tertiary/aromatic N) is 1. The Morgan fingerprint density at radius 1 is 1.11 bits per heavy atom. The highest BCUT2D eigenvalue weighted by Crippen LogP contribution is 2.26. The molecule has 2 rings (SSSR count). The molecule has 0 fully saturated rings. The van der Waals surface area contributed by atoms with Crippen molar-refractivity contribution in [2.24, 2.45) is 5.73 Å². The second kappa shape index (κ2) is 8.71. The number of hydrogen-bond donors (Lipinski definition) is 3. The first-order chi connectivity index (χ1) is 12.8. The molecule has 0 aliphatic carbocycles. The number of nitrogens with two attached hydrogens (primary N) is 1. The van der Waals surface area contributed by atoms with E-state index in [2.05, 4.69) is 0 Å². The maximum atomic E-state index is 12.9. The molecule has 0 amide bonds. The monoisotopic (exact) mass is 394 g/mol. The second-order valence-electron chi connectivity index (χ2n) is 6.50. The molecule has 0 bridgehead atoms. The zero-order valence-electron chi connectivity index (χ0n) is 15.5. The molecular weight excluding hydrogens is 368 g/mol. The third kappa shape index (κ3) is 4.98. The van der Waals surface area contributed by atoms with Gasteiger partial charge in [-0.25, -0.2) is 8.42 Å². The number of sulfonamides is 1. The van der Waals surface area contributed by atoms with E-state index in [1.807, 2.05) is 0 Å². The lowest BCUT2D eigenvalue weighted by Gasteiger charge is -2.24. The van der Waals surface area contributed by atoms with Crippen LogP contribution in [0.3, 0.4) is 0 Å². The minimum atomic E-state index is -3.71. The van der Waals surface area contributed by atoms with Gasteiger partial charge in [0.15, 0.2) is 0 Å². The largest absolute Gasteiger partial charge is 0.497 e. The van der Waals surface area contributed by atoms with E-state index in [4.69, 9.17) is 10.5 Å². The molecule has 2 aromatic carbocycles. The van der Waals surface area contributed by atoms with E-state index >= 15 is 0 Å². The molecule has 0 spiro atoms. The van der Waals surface area contributed by atoms with Gasteiger partial charge in [-0.15, -0.1) is 0 Å². The molecule has 4 N–H and O–H groups in total. The second-order valence-corrected chi connectivity index (χ2v) is 8.47. The highest BCUT2D eigenvalue weighted by atomic mass is 32.2. The summed E-state index contributed by atoms with van der Waals surface area (Å²) in [6, 6.07) is 13.3. The van der Waals surface area contributed by atoms with Gasteiger partial charge in [-0.3, -0.25) is 4.31 Å². The van der Waals surface area contributed by atoms with E-state index in [9.17, 15) is 18.6 Å². The van der Waals surface area contributed by atoms with Crippen LogP contribution in [0.5, 0.6) is 5.75 Å². The number of hydrogen-bond acceptors (Lipinski definition) is 6. The molecule has 0 heterocycles. The molecule has 0 aliphatic heterocycles. The highest BCUT2D eigenvalue weighted by molar-refractivity contribution is 7.92. The number of ether oxygens (including phenoxy) is 1. The maximum absolute atomic E-state index is 12.9. The number of aryl methyl sites for hydroxylation is 1. The Hall–Kier alpha value is -2.13. The van der Waals surface area contributed by atoms with Crippen molar-refractivity contribution in [1.29, 1.82) is 0 Å². The lowest BCUT2D eigenvalue weighted by Crippen LogP contribution is -2.47. The Bertz CT molecular complexity index is 849. The lowest BCUT2D eigenvalue weighted by atomic mass is 9.94. The fourth-order valence-corrected chi connectivity index (χ4v) is 3.72. The number of methoxy groups -OCH3 is 1. The van der Waals surface area contributed by atoms with Crippen molar-refractivity contribution in [3.8, 4) is 5.75 Å². The van der Waals surface area contributed by atoms with Crippen LogP contribution in [-0.2, 0) is 16.4 Å². The van der Waals surface area contributed by atoms with Gasteiger partial charge in [0.05, 0.1) is 36.4 Å². The molecule has 0 atom stereocenters. The van der Waals surface area contributed by atoms with E-state index < -0.39 is 15.6 Å².